The first-order valence-electron chi connectivity index (χ1n) is 4.40. The molecule has 0 aromatic heterocycles. The Hall–Kier alpha value is 0. The number of rotatable bonds is 1. The molecule has 0 amide bonds. The molecule has 9 heavy (non-hydrogen) atoms. The Balaban J connectivity index is 2.01. The van der Waals surface area contributed by atoms with Crippen molar-refractivity contribution in [3.63, 3.8) is 0 Å². The quantitative estimate of drug-likeness (QED) is 0.504. The van der Waals surface area contributed by atoms with Gasteiger partial charge in [-0.1, -0.05) is 19.8 Å². The van der Waals surface area contributed by atoms with Crippen molar-refractivity contribution in [2.75, 3.05) is 0 Å². The zero-order valence-corrected chi connectivity index (χ0v) is 6.27. The highest BCUT2D eigenvalue weighted by atomic mass is 14.4. The minimum absolute atomic E-state index is 1.13. The van der Waals surface area contributed by atoms with Crippen LogP contribution in [0, 0.1) is 17.8 Å². The van der Waals surface area contributed by atoms with Crippen molar-refractivity contribution in [3.05, 3.63) is 0 Å². The van der Waals surface area contributed by atoms with Crippen molar-refractivity contribution >= 4 is 0 Å². The van der Waals surface area contributed by atoms with Gasteiger partial charge in [0, 0.05) is 0 Å². The van der Waals surface area contributed by atoms with Crippen molar-refractivity contribution in [3.8, 4) is 0 Å². The summed E-state index contributed by atoms with van der Waals surface area (Å²) in [5.74, 6) is 3.43. The molecule has 0 heterocycles. The molecule has 2 fully saturated rings. The monoisotopic (exact) mass is 124 g/mol. The van der Waals surface area contributed by atoms with Gasteiger partial charge in [0.25, 0.3) is 0 Å². The molecule has 2 bridgehead atoms. The summed E-state index contributed by atoms with van der Waals surface area (Å²) in [5.41, 5.74) is 0. The van der Waals surface area contributed by atoms with Gasteiger partial charge in [-0.3, -0.25) is 0 Å². The van der Waals surface area contributed by atoms with Crippen LogP contribution in [0.5, 0.6) is 0 Å². The molecule has 0 heteroatoms. The molecule has 0 aromatic rings. The summed E-state index contributed by atoms with van der Waals surface area (Å²) in [7, 11) is 0. The third kappa shape index (κ3) is 0.798. The first-order valence-corrected chi connectivity index (χ1v) is 4.40. The highest BCUT2D eigenvalue weighted by molar-refractivity contribution is 4.88. The van der Waals surface area contributed by atoms with Crippen LogP contribution in [0.25, 0.3) is 0 Å². The average molecular weight is 124 g/mol. The summed E-state index contributed by atoms with van der Waals surface area (Å²) >= 11 is 0. The van der Waals surface area contributed by atoms with Crippen molar-refractivity contribution in [2.24, 2.45) is 17.8 Å². The molecular formula is C9H16. The lowest BCUT2D eigenvalue weighted by atomic mass is 9.87. The highest BCUT2D eigenvalue weighted by Crippen LogP contribution is 2.49. The predicted octanol–water partition coefficient (Wildman–Crippen LogP) is 2.83. The third-order valence-corrected chi connectivity index (χ3v) is 3.41. The number of hydrogen-bond donors (Lipinski definition) is 0. The van der Waals surface area contributed by atoms with Crippen molar-refractivity contribution in [1.29, 1.82) is 0 Å². The van der Waals surface area contributed by atoms with Crippen molar-refractivity contribution in [1.82, 2.24) is 0 Å². The third-order valence-electron chi connectivity index (χ3n) is 3.41. The van der Waals surface area contributed by atoms with Gasteiger partial charge in [-0.2, -0.15) is 0 Å². The molecule has 3 atom stereocenters. The predicted molar refractivity (Wildman–Crippen MR) is 39.2 cm³/mol. The van der Waals surface area contributed by atoms with E-state index in [4.69, 9.17) is 0 Å². The van der Waals surface area contributed by atoms with Gasteiger partial charge in [0.15, 0.2) is 0 Å². The topological polar surface area (TPSA) is 0 Å². The first kappa shape index (κ1) is 5.76. The Labute approximate surface area is 57.6 Å². The molecule has 0 saturated heterocycles. The van der Waals surface area contributed by atoms with Gasteiger partial charge in [-0.25, -0.2) is 0 Å². The van der Waals surface area contributed by atoms with E-state index < -0.39 is 0 Å². The fourth-order valence-corrected chi connectivity index (χ4v) is 2.88. The lowest BCUT2D eigenvalue weighted by molar-refractivity contribution is 0.324. The Morgan fingerprint density at radius 1 is 1.22 bits per heavy atom. The Bertz CT molecular complexity index is 107. The number of fused-ring (bicyclic) bond motifs is 2. The summed E-state index contributed by atoms with van der Waals surface area (Å²) in [4.78, 5) is 0. The van der Waals surface area contributed by atoms with E-state index in [1.165, 1.54) is 6.42 Å². The van der Waals surface area contributed by atoms with Gasteiger partial charge in [-0.05, 0) is 37.0 Å². The molecule has 2 aliphatic rings. The van der Waals surface area contributed by atoms with E-state index in [0.717, 1.165) is 17.8 Å². The zero-order valence-electron chi connectivity index (χ0n) is 6.27. The maximum Gasteiger partial charge on any atom is -0.0383 e. The lowest BCUT2D eigenvalue weighted by Gasteiger charge is -2.18. The molecule has 0 nitrogen and oxygen atoms in total. The molecule has 0 N–H and O–H groups in total. The van der Waals surface area contributed by atoms with Crippen LogP contribution in [-0.4, -0.2) is 0 Å². The van der Waals surface area contributed by atoms with E-state index in [-0.39, 0.29) is 0 Å². The second-order valence-corrected chi connectivity index (χ2v) is 3.84. The molecule has 0 aliphatic heterocycles. The van der Waals surface area contributed by atoms with Gasteiger partial charge in [-0.15, -0.1) is 0 Å². The first-order chi connectivity index (χ1) is 4.40. The molecule has 2 saturated carbocycles. The summed E-state index contributed by atoms with van der Waals surface area (Å²) in [5, 5.41) is 0. The fraction of sp³-hybridized carbons (Fsp3) is 1.00. The molecule has 2 aliphatic carbocycles. The molecule has 52 valence electrons. The van der Waals surface area contributed by atoms with Gasteiger partial charge >= 0.3 is 0 Å². The maximum absolute atomic E-state index is 2.35. The van der Waals surface area contributed by atoms with Gasteiger partial charge in [0.05, 0.1) is 0 Å². The van der Waals surface area contributed by atoms with Crippen LogP contribution < -0.4 is 0 Å². The SMILES string of the molecule is CCC1C[C@H]2CCC1C2. The van der Waals surface area contributed by atoms with Crippen LogP contribution in [0.1, 0.15) is 39.0 Å². The second kappa shape index (κ2) is 2.00. The zero-order chi connectivity index (χ0) is 6.27. The van der Waals surface area contributed by atoms with Gasteiger partial charge in [0.2, 0.25) is 0 Å². The van der Waals surface area contributed by atoms with Crippen LogP contribution in [-0.2, 0) is 0 Å². The fourth-order valence-electron chi connectivity index (χ4n) is 2.88. The van der Waals surface area contributed by atoms with Crippen LogP contribution >= 0.6 is 0 Å². The Kier molecular flexibility index (Phi) is 1.28. The van der Waals surface area contributed by atoms with E-state index in [1.54, 1.807) is 25.7 Å². The van der Waals surface area contributed by atoms with Crippen molar-refractivity contribution < 1.29 is 0 Å². The molecule has 0 radical (unpaired) electrons. The molecular weight excluding hydrogens is 108 g/mol. The summed E-state index contributed by atoms with van der Waals surface area (Å²) < 4.78 is 0. The summed E-state index contributed by atoms with van der Waals surface area (Å²) in [6.45, 7) is 2.35. The normalized spacial score (nSPS) is 48.3. The summed E-state index contributed by atoms with van der Waals surface area (Å²) in [6.07, 6.45) is 7.71. The van der Waals surface area contributed by atoms with E-state index in [1.807, 2.05) is 0 Å². The Morgan fingerprint density at radius 3 is 2.44 bits per heavy atom. The molecule has 2 rings (SSSR count). The van der Waals surface area contributed by atoms with Crippen LogP contribution in [0.4, 0.5) is 0 Å². The standard InChI is InChI=1S/C9H16/c1-2-8-5-7-3-4-9(8)6-7/h7-9H,2-6H2,1H3/t7-,8?,9?/m1/s1. The van der Waals surface area contributed by atoms with Gasteiger partial charge in [0.1, 0.15) is 0 Å². The smallest absolute Gasteiger partial charge is 0.0383 e. The molecule has 0 spiro atoms. The van der Waals surface area contributed by atoms with E-state index in [9.17, 15) is 0 Å². The molecule has 0 aromatic carbocycles. The van der Waals surface area contributed by atoms with Crippen LogP contribution in [0.3, 0.4) is 0 Å². The van der Waals surface area contributed by atoms with E-state index in [2.05, 4.69) is 6.92 Å². The van der Waals surface area contributed by atoms with Crippen LogP contribution in [0.2, 0.25) is 0 Å². The van der Waals surface area contributed by atoms with Crippen LogP contribution in [0.15, 0.2) is 0 Å². The van der Waals surface area contributed by atoms with E-state index in [0.29, 0.717) is 0 Å². The van der Waals surface area contributed by atoms with Gasteiger partial charge < -0.3 is 0 Å². The highest BCUT2D eigenvalue weighted by Gasteiger charge is 2.37. The lowest BCUT2D eigenvalue weighted by Crippen LogP contribution is -2.08. The minimum atomic E-state index is 1.13. The molecule has 2 unspecified atom stereocenters. The van der Waals surface area contributed by atoms with Crippen molar-refractivity contribution in [2.45, 2.75) is 39.0 Å². The number of hydrogen-bond acceptors (Lipinski definition) is 0. The largest absolute Gasteiger partial charge is 0.0651 e. The Morgan fingerprint density at radius 2 is 2.11 bits per heavy atom. The van der Waals surface area contributed by atoms with E-state index >= 15 is 0 Å². The summed E-state index contributed by atoms with van der Waals surface area (Å²) in [6, 6.07) is 0. The minimum Gasteiger partial charge on any atom is -0.0651 e. The average Bonchev–Trinajstić information content (AvgIpc) is 2.45. The maximum atomic E-state index is 2.35. The second-order valence-electron chi connectivity index (χ2n) is 3.84.